The molecule has 1 heterocycles. The molecule has 2 rings (SSSR count). The van der Waals surface area contributed by atoms with Crippen LogP contribution in [0, 0.1) is 0 Å². The van der Waals surface area contributed by atoms with E-state index < -0.39 is 0 Å². The molecule has 1 aromatic carbocycles. The van der Waals surface area contributed by atoms with Crippen LogP contribution in [0.3, 0.4) is 0 Å². The maximum atomic E-state index is 12.0. The van der Waals surface area contributed by atoms with Gasteiger partial charge in [-0.1, -0.05) is 43.7 Å². The van der Waals surface area contributed by atoms with Crippen LogP contribution in [0.25, 0.3) is 0 Å². The molecule has 0 N–H and O–H groups in total. The van der Waals surface area contributed by atoms with Crippen molar-refractivity contribution in [1.82, 2.24) is 9.30 Å². The first-order valence-corrected chi connectivity index (χ1v) is 6.26. The van der Waals surface area contributed by atoms with Crippen molar-refractivity contribution in [1.29, 1.82) is 0 Å². The molecule has 4 nitrogen and oxygen atoms in total. The molecule has 2 aromatic rings. The van der Waals surface area contributed by atoms with Gasteiger partial charge in [0.05, 0.1) is 12.7 Å². The molecule has 0 aliphatic rings. The Morgan fingerprint density at radius 2 is 1.94 bits per heavy atom. The summed E-state index contributed by atoms with van der Waals surface area (Å²) in [5, 5.41) is 0. The van der Waals surface area contributed by atoms with Crippen LogP contribution in [0.5, 0.6) is 0 Å². The van der Waals surface area contributed by atoms with Gasteiger partial charge in [0.1, 0.15) is 6.61 Å². The Bertz CT molecular complexity index is 528. The summed E-state index contributed by atoms with van der Waals surface area (Å²) in [6.45, 7) is 3.24. The minimum Gasteiger partial charge on any atom is -0.410 e. The van der Waals surface area contributed by atoms with E-state index in [-0.39, 0.29) is 5.69 Å². The van der Waals surface area contributed by atoms with Crippen LogP contribution >= 0.6 is 0 Å². The summed E-state index contributed by atoms with van der Waals surface area (Å²) >= 11 is 0. The third-order valence-corrected chi connectivity index (χ3v) is 2.74. The van der Waals surface area contributed by atoms with Crippen LogP contribution in [0.15, 0.2) is 47.5 Å². The standard InChI is InChI=1S/C14H18N2O2/c1-2-3-11-18-16-10-9-15(14(16)17)12-13-7-5-4-6-8-13/h4-10H,2-3,11-12H2,1H3. The van der Waals surface area contributed by atoms with Crippen molar-refractivity contribution in [2.24, 2.45) is 0 Å². The van der Waals surface area contributed by atoms with Gasteiger partial charge in [-0.15, -0.1) is 4.73 Å². The van der Waals surface area contributed by atoms with Crippen molar-refractivity contribution < 1.29 is 4.84 Å². The Balaban J connectivity index is 2.04. The van der Waals surface area contributed by atoms with Gasteiger partial charge < -0.3 is 4.84 Å². The monoisotopic (exact) mass is 246 g/mol. The second kappa shape index (κ2) is 6.10. The highest BCUT2D eigenvalue weighted by Gasteiger charge is 2.04. The smallest absolute Gasteiger partial charge is 0.361 e. The van der Waals surface area contributed by atoms with Crippen molar-refractivity contribution in [3.8, 4) is 0 Å². The highest BCUT2D eigenvalue weighted by Crippen LogP contribution is 2.00. The van der Waals surface area contributed by atoms with Gasteiger partial charge in [0.25, 0.3) is 0 Å². The lowest BCUT2D eigenvalue weighted by Crippen LogP contribution is -2.29. The highest BCUT2D eigenvalue weighted by molar-refractivity contribution is 5.15. The summed E-state index contributed by atoms with van der Waals surface area (Å²) < 4.78 is 2.94. The number of nitrogens with zero attached hydrogens (tertiary/aromatic N) is 2. The Labute approximate surface area is 106 Å². The Morgan fingerprint density at radius 1 is 1.17 bits per heavy atom. The van der Waals surface area contributed by atoms with Crippen LogP contribution in [0.2, 0.25) is 0 Å². The fourth-order valence-electron chi connectivity index (χ4n) is 1.70. The quantitative estimate of drug-likeness (QED) is 0.730. The summed E-state index contributed by atoms with van der Waals surface area (Å²) in [5.74, 6) is 0. The zero-order valence-corrected chi connectivity index (χ0v) is 10.6. The van der Waals surface area contributed by atoms with E-state index >= 15 is 0 Å². The number of hydrogen-bond acceptors (Lipinski definition) is 2. The van der Waals surface area contributed by atoms with Gasteiger partial charge >= 0.3 is 5.69 Å². The lowest BCUT2D eigenvalue weighted by molar-refractivity contribution is 0.0984. The van der Waals surface area contributed by atoms with Crippen LogP contribution in [0.1, 0.15) is 25.3 Å². The number of benzene rings is 1. The Hall–Kier alpha value is -1.97. The van der Waals surface area contributed by atoms with Gasteiger partial charge in [-0.2, -0.15) is 0 Å². The molecule has 18 heavy (non-hydrogen) atoms. The van der Waals surface area contributed by atoms with E-state index in [1.165, 1.54) is 4.73 Å². The van der Waals surface area contributed by atoms with Crippen molar-refractivity contribution in [2.45, 2.75) is 26.3 Å². The second-order valence-corrected chi connectivity index (χ2v) is 4.21. The van der Waals surface area contributed by atoms with Gasteiger partial charge in [0, 0.05) is 6.20 Å². The Morgan fingerprint density at radius 3 is 2.67 bits per heavy atom. The van der Waals surface area contributed by atoms with E-state index in [0.29, 0.717) is 13.2 Å². The normalized spacial score (nSPS) is 10.5. The van der Waals surface area contributed by atoms with E-state index in [0.717, 1.165) is 18.4 Å². The lowest BCUT2D eigenvalue weighted by Gasteiger charge is -2.04. The SMILES string of the molecule is CCCCOn1ccn(Cc2ccccc2)c1=O. The second-order valence-electron chi connectivity index (χ2n) is 4.21. The van der Waals surface area contributed by atoms with E-state index in [9.17, 15) is 4.79 Å². The largest absolute Gasteiger partial charge is 0.410 e. The van der Waals surface area contributed by atoms with Crippen LogP contribution in [-0.2, 0) is 6.54 Å². The van der Waals surface area contributed by atoms with Gasteiger partial charge in [0.2, 0.25) is 0 Å². The predicted molar refractivity (Wildman–Crippen MR) is 70.6 cm³/mol. The van der Waals surface area contributed by atoms with E-state index in [2.05, 4.69) is 6.92 Å². The average molecular weight is 246 g/mol. The maximum absolute atomic E-state index is 12.0. The molecule has 0 aliphatic carbocycles. The molecule has 4 heteroatoms. The molecule has 0 bridgehead atoms. The molecule has 0 unspecified atom stereocenters. The molecule has 0 saturated carbocycles. The van der Waals surface area contributed by atoms with E-state index in [1.807, 2.05) is 30.3 Å². The fourth-order valence-corrected chi connectivity index (χ4v) is 1.70. The summed E-state index contributed by atoms with van der Waals surface area (Å²) in [6.07, 6.45) is 5.43. The van der Waals surface area contributed by atoms with Crippen molar-refractivity contribution in [2.75, 3.05) is 6.61 Å². The third kappa shape index (κ3) is 3.03. The van der Waals surface area contributed by atoms with Crippen LogP contribution < -0.4 is 10.5 Å². The topological polar surface area (TPSA) is 36.2 Å². The van der Waals surface area contributed by atoms with Crippen molar-refractivity contribution >= 4 is 0 Å². The number of unbranched alkanes of at least 4 members (excludes halogenated alkanes) is 1. The minimum atomic E-state index is -0.130. The first-order chi connectivity index (χ1) is 8.81. The van der Waals surface area contributed by atoms with Crippen LogP contribution in [0.4, 0.5) is 0 Å². The number of rotatable bonds is 6. The molecule has 1 aromatic heterocycles. The first kappa shape index (κ1) is 12.5. The lowest BCUT2D eigenvalue weighted by atomic mass is 10.2. The molecule has 96 valence electrons. The highest BCUT2D eigenvalue weighted by atomic mass is 16.7. The zero-order valence-electron chi connectivity index (χ0n) is 10.6. The molecule has 0 atom stereocenters. The third-order valence-electron chi connectivity index (χ3n) is 2.74. The predicted octanol–water partition coefficient (Wildman–Crippen LogP) is 1.93. The molecule has 0 saturated heterocycles. The zero-order chi connectivity index (χ0) is 12.8. The van der Waals surface area contributed by atoms with Gasteiger partial charge in [-0.05, 0) is 12.0 Å². The Kier molecular flexibility index (Phi) is 4.23. The summed E-state index contributed by atoms with van der Waals surface area (Å²) in [6, 6.07) is 9.90. The summed E-state index contributed by atoms with van der Waals surface area (Å²) in [7, 11) is 0. The van der Waals surface area contributed by atoms with Gasteiger partial charge in [0.15, 0.2) is 0 Å². The van der Waals surface area contributed by atoms with Gasteiger partial charge in [-0.25, -0.2) is 4.79 Å². The molecule has 0 aliphatic heterocycles. The van der Waals surface area contributed by atoms with E-state index in [4.69, 9.17) is 4.84 Å². The average Bonchev–Trinajstić information content (AvgIpc) is 2.73. The van der Waals surface area contributed by atoms with E-state index in [1.54, 1.807) is 17.0 Å². The van der Waals surface area contributed by atoms with Crippen molar-refractivity contribution in [3.05, 3.63) is 58.8 Å². The molecular formula is C14H18N2O2. The fraction of sp³-hybridized carbons (Fsp3) is 0.357. The summed E-state index contributed by atoms with van der Waals surface area (Å²) in [4.78, 5) is 17.3. The van der Waals surface area contributed by atoms with Crippen LogP contribution in [-0.4, -0.2) is 15.9 Å². The molecule has 0 spiro atoms. The molecule has 0 fully saturated rings. The molecular weight excluding hydrogens is 228 g/mol. The number of aromatic nitrogens is 2. The number of hydrogen-bond donors (Lipinski definition) is 0. The van der Waals surface area contributed by atoms with Crippen molar-refractivity contribution in [3.63, 3.8) is 0 Å². The summed E-state index contributed by atoms with van der Waals surface area (Å²) in [5.41, 5.74) is 0.973. The molecule has 0 radical (unpaired) electrons. The molecule has 0 amide bonds. The minimum absolute atomic E-state index is 0.130. The maximum Gasteiger partial charge on any atom is 0.361 e. The number of imidazole rings is 1. The first-order valence-electron chi connectivity index (χ1n) is 6.26. The van der Waals surface area contributed by atoms with Gasteiger partial charge in [-0.3, -0.25) is 4.57 Å².